The van der Waals surface area contributed by atoms with Crippen LogP contribution in [0.25, 0.3) is 22.4 Å². The van der Waals surface area contributed by atoms with E-state index < -0.39 is 0 Å². The fourth-order valence-corrected chi connectivity index (χ4v) is 3.51. The van der Waals surface area contributed by atoms with E-state index in [1.807, 2.05) is 30.3 Å². The largest absolute Gasteiger partial charge is 0.384 e. The number of nitrogens with two attached hydrogens (primary N) is 1. The summed E-state index contributed by atoms with van der Waals surface area (Å²) in [6.45, 7) is 9.88. The molecule has 3 N–H and O–H groups in total. The summed E-state index contributed by atoms with van der Waals surface area (Å²) in [5.41, 5.74) is 9.86. The molecular weight excluding hydrogens is 384 g/mol. The smallest absolute Gasteiger partial charge is 0.182 e. The van der Waals surface area contributed by atoms with Gasteiger partial charge in [0.05, 0.1) is 17.6 Å². The fourth-order valence-electron chi connectivity index (χ4n) is 3.39. The zero-order valence-corrected chi connectivity index (χ0v) is 18.1. The Bertz CT molecular complexity index is 940. The first-order valence-electron chi connectivity index (χ1n) is 10.2. The molecule has 1 unspecified atom stereocenters. The second-order valence-electron chi connectivity index (χ2n) is 7.24. The van der Waals surface area contributed by atoms with Gasteiger partial charge in [0, 0.05) is 22.7 Å². The van der Waals surface area contributed by atoms with Crippen molar-refractivity contribution in [3.05, 3.63) is 41.6 Å². The SMILES string of the molecule is CCN(CC)CCCC(C)Nc1cc(N)nc2nc(-c3ccc(Cl)cc3)cnc12. The maximum Gasteiger partial charge on any atom is 0.182 e. The number of hydrogen-bond acceptors (Lipinski definition) is 6. The van der Waals surface area contributed by atoms with E-state index in [0.717, 1.165) is 54.9 Å². The summed E-state index contributed by atoms with van der Waals surface area (Å²) in [6.07, 6.45) is 3.97. The van der Waals surface area contributed by atoms with Gasteiger partial charge in [0.25, 0.3) is 0 Å². The molecule has 2 aromatic heterocycles. The Morgan fingerprint density at radius 1 is 1.14 bits per heavy atom. The van der Waals surface area contributed by atoms with E-state index in [2.05, 4.69) is 45.9 Å². The van der Waals surface area contributed by atoms with E-state index in [4.69, 9.17) is 17.3 Å². The normalized spacial score (nSPS) is 12.4. The van der Waals surface area contributed by atoms with Crippen LogP contribution in [0.1, 0.15) is 33.6 Å². The highest BCUT2D eigenvalue weighted by molar-refractivity contribution is 6.30. The zero-order chi connectivity index (χ0) is 20.8. The first-order valence-corrected chi connectivity index (χ1v) is 10.6. The molecule has 1 atom stereocenters. The molecule has 3 aromatic rings. The maximum absolute atomic E-state index is 6.04. The Hall–Kier alpha value is -2.44. The van der Waals surface area contributed by atoms with Crippen LogP contribution < -0.4 is 11.1 Å². The molecule has 6 nitrogen and oxygen atoms in total. The zero-order valence-electron chi connectivity index (χ0n) is 17.3. The summed E-state index contributed by atoms with van der Waals surface area (Å²) >= 11 is 5.98. The molecule has 0 spiro atoms. The first kappa shape index (κ1) is 21.3. The minimum absolute atomic E-state index is 0.299. The van der Waals surface area contributed by atoms with Crippen LogP contribution in [0.4, 0.5) is 11.5 Å². The monoisotopic (exact) mass is 412 g/mol. The van der Waals surface area contributed by atoms with Crippen molar-refractivity contribution in [1.82, 2.24) is 19.9 Å². The van der Waals surface area contributed by atoms with E-state index in [1.54, 1.807) is 6.20 Å². The van der Waals surface area contributed by atoms with E-state index in [0.29, 0.717) is 22.5 Å². The van der Waals surface area contributed by atoms with Gasteiger partial charge in [-0.25, -0.2) is 15.0 Å². The summed E-state index contributed by atoms with van der Waals surface area (Å²) in [6, 6.07) is 9.64. The average Bonchev–Trinajstić information content (AvgIpc) is 2.71. The predicted molar refractivity (Wildman–Crippen MR) is 122 cm³/mol. The molecule has 0 fully saturated rings. The Kier molecular flexibility index (Phi) is 7.23. The van der Waals surface area contributed by atoms with Crippen LogP contribution in [-0.4, -0.2) is 45.5 Å². The van der Waals surface area contributed by atoms with Gasteiger partial charge in [0.15, 0.2) is 5.65 Å². The molecule has 0 aliphatic rings. The molecule has 0 aliphatic heterocycles. The maximum atomic E-state index is 6.04. The first-order chi connectivity index (χ1) is 14.0. The van der Waals surface area contributed by atoms with Crippen molar-refractivity contribution in [1.29, 1.82) is 0 Å². The number of nitrogen functional groups attached to an aromatic ring is 1. The molecule has 29 heavy (non-hydrogen) atoms. The predicted octanol–water partition coefficient (Wildman–Crippen LogP) is 4.85. The summed E-state index contributed by atoms with van der Waals surface area (Å²) < 4.78 is 0. The standard InChI is InChI=1S/C22H29ClN6/c1-4-29(5-2)12-6-7-15(3)26-18-13-20(24)28-22-21(18)25-14-19(27-22)16-8-10-17(23)11-9-16/h8-11,13-15H,4-7,12H2,1-3H3,(H3,24,26,27,28). The number of rotatable bonds is 9. The summed E-state index contributed by atoms with van der Waals surface area (Å²) in [5.74, 6) is 0.429. The minimum Gasteiger partial charge on any atom is -0.384 e. The second-order valence-corrected chi connectivity index (χ2v) is 7.68. The quantitative estimate of drug-likeness (QED) is 0.523. The van der Waals surface area contributed by atoms with Crippen molar-refractivity contribution in [2.24, 2.45) is 0 Å². The Morgan fingerprint density at radius 3 is 2.55 bits per heavy atom. The number of anilines is 2. The molecule has 0 bridgehead atoms. The van der Waals surface area contributed by atoms with Gasteiger partial charge in [0.1, 0.15) is 11.3 Å². The van der Waals surface area contributed by atoms with Gasteiger partial charge >= 0.3 is 0 Å². The Morgan fingerprint density at radius 2 is 1.86 bits per heavy atom. The number of aromatic nitrogens is 3. The average molecular weight is 413 g/mol. The third kappa shape index (κ3) is 5.55. The number of pyridine rings is 1. The van der Waals surface area contributed by atoms with Crippen molar-refractivity contribution in [3.63, 3.8) is 0 Å². The van der Waals surface area contributed by atoms with Crippen LogP contribution in [-0.2, 0) is 0 Å². The van der Waals surface area contributed by atoms with Crippen molar-refractivity contribution in [3.8, 4) is 11.3 Å². The fraction of sp³-hybridized carbons (Fsp3) is 0.409. The number of nitrogens with one attached hydrogen (secondary N) is 1. The number of halogens is 1. The van der Waals surface area contributed by atoms with Crippen molar-refractivity contribution >= 4 is 34.3 Å². The van der Waals surface area contributed by atoms with Crippen molar-refractivity contribution < 1.29 is 0 Å². The summed E-state index contributed by atoms with van der Waals surface area (Å²) in [4.78, 5) is 16.1. The molecule has 0 saturated heterocycles. The molecule has 0 saturated carbocycles. The number of fused-ring (bicyclic) bond motifs is 1. The topological polar surface area (TPSA) is 80.0 Å². The minimum atomic E-state index is 0.299. The highest BCUT2D eigenvalue weighted by atomic mass is 35.5. The lowest BCUT2D eigenvalue weighted by Gasteiger charge is -2.20. The van der Waals surface area contributed by atoms with Gasteiger partial charge in [-0.3, -0.25) is 0 Å². The molecule has 1 aromatic carbocycles. The lowest BCUT2D eigenvalue weighted by atomic mass is 10.1. The lowest BCUT2D eigenvalue weighted by molar-refractivity contribution is 0.295. The Labute approximate surface area is 177 Å². The molecule has 2 heterocycles. The van der Waals surface area contributed by atoms with Crippen LogP contribution in [0.15, 0.2) is 36.5 Å². The van der Waals surface area contributed by atoms with E-state index in [9.17, 15) is 0 Å². The molecular formula is C22H29ClN6. The van der Waals surface area contributed by atoms with Gasteiger partial charge in [-0.2, -0.15) is 0 Å². The van der Waals surface area contributed by atoms with Gasteiger partial charge in [0.2, 0.25) is 0 Å². The third-order valence-corrected chi connectivity index (χ3v) is 5.34. The molecule has 0 amide bonds. The van der Waals surface area contributed by atoms with Gasteiger partial charge < -0.3 is 16.0 Å². The van der Waals surface area contributed by atoms with Gasteiger partial charge in [-0.05, 0) is 51.5 Å². The number of nitrogens with zero attached hydrogens (tertiary/aromatic N) is 4. The molecule has 0 aliphatic carbocycles. The summed E-state index contributed by atoms with van der Waals surface area (Å²) in [7, 11) is 0. The summed E-state index contributed by atoms with van der Waals surface area (Å²) in [5, 5.41) is 4.23. The molecule has 7 heteroatoms. The Balaban J connectivity index is 1.77. The third-order valence-electron chi connectivity index (χ3n) is 5.08. The second kappa shape index (κ2) is 9.85. The highest BCUT2D eigenvalue weighted by Gasteiger charge is 2.12. The van der Waals surface area contributed by atoms with Crippen molar-refractivity contribution in [2.75, 3.05) is 30.7 Å². The highest BCUT2D eigenvalue weighted by Crippen LogP contribution is 2.26. The molecule has 3 rings (SSSR count). The number of benzene rings is 1. The van der Waals surface area contributed by atoms with Crippen LogP contribution >= 0.6 is 11.6 Å². The van der Waals surface area contributed by atoms with Crippen LogP contribution in [0, 0.1) is 0 Å². The molecule has 0 radical (unpaired) electrons. The van der Waals surface area contributed by atoms with Gasteiger partial charge in [-0.1, -0.05) is 37.6 Å². The van der Waals surface area contributed by atoms with E-state index in [-0.39, 0.29) is 0 Å². The van der Waals surface area contributed by atoms with Crippen LogP contribution in [0.5, 0.6) is 0 Å². The van der Waals surface area contributed by atoms with Crippen molar-refractivity contribution in [2.45, 2.75) is 39.7 Å². The van der Waals surface area contributed by atoms with E-state index in [1.165, 1.54) is 0 Å². The number of hydrogen-bond donors (Lipinski definition) is 2. The van der Waals surface area contributed by atoms with Crippen LogP contribution in [0.2, 0.25) is 5.02 Å². The lowest BCUT2D eigenvalue weighted by Crippen LogP contribution is -2.25. The van der Waals surface area contributed by atoms with E-state index >= 15 is 0 Å². The molecule has 154 valence electrons. The van der Waals surface area contributed by atoms with Gasteiger partial charge in [-0.15, -0.1) is 0 Å². The van der Waals surface area contributed by atoms with Crippen LogP contribution in [0.3, 0.4) is 0 Å².